The number of hydrogen-bond acceptors (Lipinski definition) is 5. The van der Waals surface area contributed by atoms with Crippen molar-refractivity contribution in [2.24, 2.45) is 11.7 Å². The van der Waals surface area contributed by atoms with Crippen LogP contribution < -0.4 is 16.4 Å². The fourth-order valence-electron chi connectivity index (χ4n) is 3.88. The van der Waals surface area contributed by atoms with Crippen LogP contribution >= 0.6 is 0 Å². The second-order valence-corrected chi connectivity index (χ2v) is 7.48. The average molecular weight is 356 g/mol. The van der Waals surface area contributed by atoms with Crippen molar-refractivity contribution in [3.8, 4) is 0 Å². The summed E-state index contributed by atoms with van der Waals surface area (Å²) in [5, 5.41) is 5.73. The van der Waals surface area contributed by atoms with Crippen molar-refractivity contribution in [2.45, 2.75) is 50.9 Å². The molecule has 0 radical (unpaired) electrons. The van der Waals surface area contributed by atoms with Crippen LogP contribution in [0.5, 0.6) is 0 Å². The molecule has 3 aliphatic rings. The molecule has 0 bridgehead atoms. The Morgan fingerprint density at radius 1 is 1.23 bits per heavy atom. The van der Waals surface area contributed by atoms with Crippen LogP contribution in [0.1, 0.15) is 47.2 Å². The van der Waals surface area contributed by atoms with Crippen LogP contribution in [0.2, 0.25) is 0 Å². The van der Waals surface area contributed by atoms with Crippen LogP contribution in [-0.4, -0.2) is 41.2 Å². The molecule has 7 nitrogen and oxygen atoms in total. The largest absolute Gasteiger partial charge is 0.326 e. The maximum absolute atomic E-state index is 12.8. The minimum Gasteiger partial charge on any atom is -0.326 e. The molecule has 1 aromatic carbocycles. The lowest BCUT2D eigenvalue weighted by molar-refractivity contribution is -0.136. The number of nitrogens with zero attached hydrogens (tertiary/aromatic N) is 1. The van der Waals surface area contributed by atoms with Crippen LogP contribution in [0.25, 0.3) is 0 Å². The smallest absolute Gasteiger partial charge is 0.255 e. The Bertz CT molecular complexity index is 759. The van der Waals surface area contributed by atoms with Gasteiger partial charge < -0.3 is 16.0 Å². The third kappa shape index (κ3) is 3.24. The standard InChI is InChI=1S/C19H24N4O3/c20-15(11-4-5-11)9-21-8-12-2-1-3-13-14(12)10-23(19(13)26)16-6-7-17(24)22-18(16)25/h1-3,11,15-16,21H,4-10,20H2,(H,22,24,25). The molecule has 1 aromatic rings. The molecule has 0 spiro atoms. The summed E-state index contributed by atoms with van der Waals surface area (Å²) in [5.41, 5.74) is 8.81. The second-order valence-electron chi connectivity index (χ2n) is 7.48. The highest BCUT2D eigenvalue weighted by Crippen LogP contribution is 2.32. The van der Waals surface area contributed by atoms with Crippen LogP contribution in [0.3, 0.4) is 0 Å². The fraction of sp³-hybridized carbons (Fsp3) is 0.526. The van der Waals surface area contributed by atoms with E-state index in [1.54, 1.807) is 4.90 Å². The molecule has 2 fully saturated rings. The molecule has 2 aliphatic heterocycles. The summed E-state index contributed by atoms with van der Waals surface area (Å²) in [6.45, 7) is 1.83. The number of carbonyl (C=O) groups is 3. The lowest BCUT2D eigenvalue weighted by atomic mass is 10.0. The molecule has 2 heterocycles. The van der Waals surface area contributed by atoms with E-state index in [1.165, 1.54) is 12.8 Å². The number of benzene rings is 1. The topological polar surface area (TPSA) is 105 Å². The minimum absolute atomic E-state index is 0.133. The molecule has 26 heavy (non-hydrogen) atoms. The van der Waals surface area contributed by atoms with Crippen LogP contribution in [0.15, 0.2) is 18.2 Å². The minimum atomic E-state index is -0.573. The SMILES string of the molecule is NC(CNCc1cccc2c1CN(C1CCC(=O)NC1=O)C2=O)C1CC1. The van der Waals surface area contributed by atoms with Crippen LogP contribution in [0.4, 0.5) is 0 Å². The Labute approximate surface area is 152 Å². The van der Waals surface area contributed by atoms with Crippen LogP contribution in [0, 0.1) is 5.92 Å². The van der Waals surface area contributed by atoms with Crippen molar-refractivity contribution >= 4 is 17.7 Å². The van der Waals surface area contributed by atoms with E-state index in [0.717, 1.165) is 17.7 Å². The molecular weight excluding hydrogens is 332 g/mol. The van der Waals surface area contributed by atoms with E-state index in [9.17, 15) is 14.4 Å². The van der Waals surface area contributed by atoms with Crippen molar-refractivity contribution in [2.75, 3.05) is 6.54 Å². The van der Waals surface area contributed by atoms with Crippen molar-refractivity contribution in [1.29, 1.82) is 0 Å². The van der Waals surface area contributed by atoms with Gasteiger partial charge in [-0.05, 0) is 42.4 Å². The Balaban J connectivity index is 1.45. The van der Waals surface area contributed by atoms with E-state index >= 15 is 0 Å². The first-order valence-electron chi connectivity index (χ1n) is 9.26. The second kappa shape index (κ2) is 6.81. The zero-order chi connectivity index (χ0) is 18.3. The lowest BCUT2D eigenvalue weighted by Crippen LogP contribution is -2.52. The van der Waals surface area contributed by atoms with Gasteiger partial charge >= 0.3 is 0 Å². The Kier molecular flexibility index (Phi) is 4.50. The third-order valence-corrected chi connectivity index (χ3v) is 5.60. The molecule has 7 heteroatoms. The summed E-state index contributed by atoms with van der Waals surface area (Å²) in [4.78, 5) is 37.9. The molecule has 1 saturated carbocycles. The summed E-state index contributed by atoms with van der Waals surface area (Å²) >= 11 is 0. The molecule has 2 atom stereocenters. The van der Waals surface area contributed by atoms with Gasteiger partial charge in [-0.25, -0.2) is 0 Å². The average Bonchev–Trinajstić information content (AvgIpc) is 3.41. The highest BCUT2D eigenvalue weighted by Gasteiger charge is 2.39. The number of imide groups is 1. The Morgan fingerprint density at radius 3 is 2.77 bits per heavy atom. The number of piperidine rings is 1. The summed E-state index contributed by atoms with van der Waals surface area (Å²) in [6, 6.07) is 5.31. The van der Waals surface area contributed by atoms with E-state index in [2.05, 4.69) is 10.6 Å². The van der Waals surface area contributed by atoms with E-state index in [0.29, 0.717) is 31.0 Å². The summed E-state index contributed by atoms with van der Waals surface area (Å²) in [6.07, 6.45) is 3.09. The summed E-state index contributed by atoms with van der Waals surface area (Å²) in [7, 11) is 0. The van der Waals surface area contributed by atoms with Crippen molar-refractivity contribution in [3.05, 3.63) is 34.9 Å². The maximum atomic E-state index is 12.8. The molecule has 4 N–H and O–H groups in total. The van der Waals surface area contributed by atoms with Gasteiger partial charge in [0.2, 0.25) is 11.8 Å². The van der Waals surface area contributed by atoms with Gasteiger partial charge in [-0.3, -0.25) is 19.7 Å². The first-order chi connectivity index (χ1) is 12.5. The number of amides is 3. The van der Waals surface area contributed by atoms with Crippen LogP contribution in [-0.2, 0) is 22.7 Å². The number of hydrogen-bond donors (Lipinski definition) is 3. The van der Waals surface area contributed by atoms with Gasteiger partial charge in [0.05, 0.1) is 0 Å². The van der Waals surface area contributed by atoms with Crippen molar-refractivity contribution in [3.63, 3.8) is 0 Å². The van der Waals surface area contributed by atoms with Gasteiger partial charge in [0.1, 0.15) is 6.04 Å². The van der Waals surface area contributed by atoms with E-state index in [1.807, 2.05) is 18.2 Å². The predicted molar refractivity (Wildman–Crippen MR) is 94.9 cm³/mol. The van der Waals surface area contributed by atoms with Gasteiger partial charge in [-0.2, -0.15) is 0 Å². The number of fused-ring (bicyclic) bond motifs is 1. The van der Waals surface area contributed by atoms with Gasteiger partial charge in [-0.1, -0.05) is 12.1 Å². The zero-order valence-electron chi connectivity index (χ0n) is 14.7. The first-order valence-corrected chi connectivity index (χ1v) is 9.26. The highest BCUT2D eigenvalue weighted by atomic mass is 16.2. The van der Waals surface area contributed by atoms with E-state index in [4.69, 9.17) is 5.73 Å². The normalized spacial score (nSPS) is 23.8. The van der Waals surface area contributed by atoms with Crippen molar-refractivity contribution in [1.82, 2.24) is 15.5 Å². The number of nitrogens with two attached hydrogens (primary N) is 1. The van der Waals surface area contributed by atoms with E-state index in [-0.39, 0.29) is 30.2 Å². The molecule has 2 unspecified atom stereocenters. The maximum Gasteiger partial charge on any atom is 0.255 e. The first kappa shape index (κ1) is 17.2. The van der Waals surface area contributed by atoms with E-state index < -0.39 is 6.04 Å². The Morgan fingerprint density at radius 2 is 2.04 bits per heavy atom. The van der Waals surface area contributed by atoms with Gasteiger partial charge in [0.25, 0.3) is 5.91 Å². The third-order valence-electron chi connectivity index (χ3n) is 5.60. The molecule has 0 aromatic heterocycles. The summed E-state index contributed by atoms with van der Waals surface area (Å²) < 4.78 is 0. The quantitative estimate of drug-likeness (QED) is 0.635. The van der Waals surface area contributed by atoms with Gasteiger partial charge in [0, 0.05) is 37.7 Å². The molecule has 3 amide bonds. The van der Waals surface area contributed by atoms with Crippen molar-refractivity contribution < 1.29 is 14.4 Å². The molecule has 4 rings (SSSR count). The molecule has 1 aliphatic carbocycles. The molecule has 138 valence electrons. The predicted octanol–water partition coefficient (Wildman–Crippen LogP) is 0.274. The molecular formula is C19H24N4O3. The Hall–Kier alpha value is -2.25. The number of nitrogens with one attached hydrogen (secondary N) is 2. The summed E-state index contributed by atoms with van der Waals surface area (Å²) in [5.74, 6) is -0.135. The highest BCUT2D eigenvalue weighted by molar-refractivity contribution is 6.05. The number of rotatable bonds is 6. The fourth-order valence-corrected chi connectivity index (χ4v) is 3.88. The number of carbonyl (C=O) groups excluding carboxylic acids is 3. The molecule has 1 saturated heterocycles. The van der Waals surface area contributed by atoms with Gasteiger partial charge in [-0.15, -0.1) is 0 Å². The monoisotopic (exact) mass is 356 g/mol. The lowest BCUT2D eigenvalue weighted by Gasteiger charge is -2.29. The zero-order valence-corrected chi connectivity index (χ0v) is 14.7. The van der Waals surface area contributed by atoms with Gasteiger partial charge in [0.15, 0.2) is 0 Å².